The zero-order valence-electron chi connectivity index (χ0n) is 13.5. The number of nitrogens with one attached hydrogen (secondary N) is 1. The van der Waals surface area contributed by atoms with Gasteiger partial charge in [-0.2, -0.15) is 0 Å². The predicted octanol–water partition coefficient (Wildman–Crippen LogP) is 2.72. The lowest BCUT2D eigenvalue weighted by atomic mass is 10.2. The number of methoxy groups -OCH3 is 1. The highest BCUT2D eigenvalue weighted by Gasteiger charge is 2.15. The van der Waals surface area contributed by atoms with Crippen molar-refractivity contribution in [2.45, 2.75) is 12.8 Å². The second-order valence-electron chi connectivity index (χ2n) is 5.62. The van der Waals surface area contributed by atoms with Crippen LogP contribution >= 0.6 is 0 Å². The van der Waals surface area contributed by atoms with E-state index >= 15 is 0 Å². The third kappa shape index (κ3) is 3.53. The number of carbonyl (C=O) groups excluding carboxylic acids is 2. The van der Waals surface area contributed by atoms with Crippen LogP contribution in [0.2, 0.25) is 0 Å². The fraction of sp³-hybridized carbons (Fsp3) is 0.278. The SMILES string of the molecule is COC(=O)c1ccc(NC(=O)c2cc(N3CCCC3)ccn2)cc1. The van der Waals surface area contributed by atoms with Crippen LogP contribution in [0.15, 0.2) is 42.6 Å². The summed E-state index contributed by atoms with van der Waals surface area (Å²) in [6.45, 7) is 2.03. The molecule has 1 aliphatic rings. The van der Waals surface area contributed by atoms with E-state index in [1.165, 1.54) is 20.0 Å². The summed E-state index contributed by atoms with van der Waals surface area (Å²) in [5, 5.41) is 2.79. The van der Waals surface area contributed by atoms with Gasteiger partial charge >= 0.3 is 5.97 Å². The van der Waals surface area contributed by atoms with Crippen LogP contribution in [-0.4, -0.2) is 37.1 Å². The van der Waals surface area contributed by atoms with Gasteiger partial charge in [-0.1, -0.05) is 0 Å². The lowest BCUT2D eigenvalue weighted by Gasteiger charge is -2.17. The molecule has 0 spiro atoms. The fourth-order valence-corrected chi connectivity index (χ4v) is 2.72. The van der Waals surface area contributed by atoms with Gasteiger partial charge in [0.15, 0.2) is 0 Å². The lowest BCUT2D eigenvalue weighted by molar-refractivity contribution is 0.0600. The highest BCUT2D eigenvalue weighted by Crippen LogP contribution is 2.20. The largest absolute Gasteiger partial charge is 0.465 e. The van der Waals surface area contributed by atoms with Gasteiger partial charge in [0.1, 0.15) is 5.69 Å². The van der Waals surface area contributed by atoms with Crippen molar-refractivity contribution in [1.82, 2.24) is 4.98 Å². The van der Waals surface area contributed by atoms with Crippen molar-refractivity contribution in [1.29, 1.82) is 0 Å². The Bertz CT molecular complexity index is 737. The first-order chi connectivity index (χ1) is 11.7. The van der Waals surface area contributed by atoms with Crippen LogP contribution in [-0.2, 0) is 4.74 Å². The smallest absolute Gasteiger partial charge is 0.337 e. The number of hydrogen-bond acceptors (Lipinski definition) is 5. The molecule has 0 aliphatic carbocycles. The quantitative estimate of drug-likeness (QED) is 0.875. The summed E-state index contributed by atoms with van der Waals surface area (Å²) in [6.07, 6.45) is 4.01. The highest BCUT2D eigenvalue weighted by atomic mass is 16.5. The zero-order chi connectivity index (χ0) is 16.9. The van der Waals surface area contributed by atoms with E-state index < -0.39 is 5.97 Å². The Hall–Kier alpha value is -2.89. The van der Waals surface area contributed by atoms with Gasteiger partial charge in [-0.15, -0.1) is 0 Å². The van der Waals surface area contributed by atoms with Crippen LogP contribution in [0.3, 0.4) is 0 Å². The Balaban J connectivity index is 1.70. The number of aromatic nitrogens is 1. The molecule has 24 heavy (non-hydrogen) atoms. The van der Waals surface area contributed by atoms with E-state index in [9.17, 15) is 9.59 Å². The second-order valence-corrected chi connectivity index (χ2v) is 5.62. The average Bonchev–Trinajstić information content (AvgIpc) is 3.16. The molecule has 1 fully saturated rings. The van der Waals surface area contributed by atoms with E-state index in [2.05, 4.69) is 19.9 Å². The van der Waals surface area contributed by atoms with E-state index in [-0.39, 0.29) is 5.91 Å². The normalized spacial score (nSPS) is 13.6. The van der Waals surface area contributed by atoms with Gasteiger partial charge in [-0.05, 0) is 49.2 Å². The Morgan fingerprint density at radius 3 is 2.50 bits per heavy atom. The number of esters is 1. The summed E-state index contributed by atoms with van der Waals surface area (Å²) in [7, 11) is 1.33. The molecule has 124 valence electrons. The van der Waals surface area contributed by atoms with E-state index in [1.807, 2.05) is 12.1 Å². The average molecular weight is 325 g/mol. The zero-order valence-corrected chi connectivity index (χ0v) is 13.5. The van der Waals surface area contributed by atoms with Crippen LogP contribution in [0, 0.1) is 0 Å². The van der Waals surface area contributed by atoms with Crippen LogP contribution in [0.4, 0.5) is 11.4 Å². The summed E-state index contributed by atoms with van der Waals surface area (Å²) in [6, 6.07) is 10.3. The monoisotopic (exact) mass is 325 g/mol. The summed E-state index contributed by atoms with van der Waals surface area (Å²) in [5.41, 5.74) is 2.43. The van der Waals surface area contributed by atoms with Crippen LogP contribution in [0.25, 0.3) is 0 Å². The number of pyridine rings is 1. The first-order valence-electron chi connectivity index (χ1n) is 7.88. The van der Waals surface area contributed by atoms with E-state index in [0.717, 1.165) is 18.8 Å². The minimum Gasteiger partial charge on any atom is -0.465 e. The minimum absolute atomic E-state index is 0.276. The molecular formula is C18H19N3O3. The highest BCUT2D eigenvalue weighted by molar-refractivity contribution is 6.03. The van der Waals surface area contributed by atoms with Crippen molar-refractivity contribution in [3.8, 4) is 0 Å². The van der Waals surface area contributed by atoms with E-state index in [0.29, 0.717) is 16.9 Å². The number of nitrogens with zero attached hydrogens (tertiary/aromatic N) is 2. The maximum Gasteiger partial charge on any atom is 0.337 e. The number of hydrogen-bond donors (Lipinski definition) is 1. The van der Waals surface area contributed by atoms with Gasteiger partial charge < -0.3 is 15.0 Å². The first kappa shape index (κ1) is 16.0. The molecule has 1 saturated heterocycles. The molecule has 6 nitrogen and oxygen atoms in total. The van der Waals surface area contributed by atoms with Crippen molar-refractivity contribution < 1.29 is 14.3 Å². The van der Waals surface area contributed by atoms with Gasteiger partial charge in [0.2, 0.25) is 0 Å². The standard InChI is InChI=1S/C18H19N3O3/c1-24-18(23)13-4-6-14(7-5-13)20-17(22)16-12-15(8-9-19-16)21-10-2-3-11-21/h4-9,12H,2-3,10-11H2,1H3,(H,20,22). The maximum absolute atomic E-state index is 12.4. The molecule has 2 aromatic rings. The summed E-state index contributed by atoms with van der Waals surface area (Å²) < 4.78 is 4.65. The molecule has 1 aromatic heterocycles. The van der Waals surface area contributed by atoms with Crippen molar-refractivity contribution in [3.05, 3.63) is 53.9 Å². The molecule has 0 bridgehead atoms. The van der Waals surface area contributed by atoms with E-state index in [4.69, 9.17) is 0 Å². The van der Waals surface area contributed by atoms with Gasteiger partial charge in [0, 0.05) is 30.7 Å². The molecule has 1 N–H and O–H groups in total. The molecular weight excluding hydrogens is 306 g/mol. The lowest BCUT2D eigenvalue weighted by Crippen LogP contribution is -2.19. The second kappa shape index (κ2) is 7.12. The number of carbonyl (C=O) groups is 2. The summed E-state index contributed by atoms with van der Waals surface area (Å²) in [4.78, 5) is 30.2. The maximum atomic E-state index is 12.4. The molecule has 6 heteroatoms. The van der Waals surface area contributed by atoms with Crippen LogP contribution in [0.5, 0.6) is 0 Å². The minimum atomic E-state index is -0.409. The molecule has 0 atom stereocenters. The number of anilines is 2. The molecule has 2 heterocycles. The number of ether oxygens (including phenoxy) is 1. The Morgan fingerprint density at radius 1 is 1.12 bits per heavy atom. The third-order valence-corrected chi connectivity index (χ3v) is 4.01. The molecule has 1 aliphatic heterocycles. The molecule has 0 saturated carbocycles. The van der Waals surface area contributed by atoms with Crippen LogP contribution in [0.1, 0.15) is 33.7 Å². The third-order valence-electron chi connectivity index (χ3n) is 4.01. The summed E-state index contributed by atoms with van der Waals surface area (Å²) in [5.74, 6) is -0.685. The fourth-order valence-electron chi connectivity index (χ4n) is 2.72. The molecule has 1 amide bonds. The number of benzene rings is 1. The molecule has 0 unspecified atom stereocenters. The number of rotatable bonds is 4. The van der Waals surface area contributed by atoms with Gasteiger partial charge in [0.05, 0.1) is 12.7 Å². The van der Waals surface area contributed by atoms with Crippen molar-refractivity contribution in [3.63, 3.8) is 0 Å². The van der Waals surface area contributed by atoms with E-state index in [1.54, 1.807) is 30.5 Å². The van der Waals surface area contributed by atoms with Gasteiger partial charge in [-0.25, -0.2) is 4.79 Å². The Morgan fingerprint density at radius 2 is 1.83 bits per heavy atom. The first-order valence-corrected chi connectivity index (χ1v) is 7.88. The van der Waals surface area contributed by atoms with Crippen LogP contribution < -0.4 is 10.2 Å². The van der Waals surface area contributed by atoms with Crippen molar-refractivity contribution in [2.24, 2.45) is 0 Å². The Kier molecular flexibility index (Phi) is 4.74. The molecule has 3 rings (SSSR count). The van der Waals surface area contributed by atoms with Crippen molar-refractivity contribution >= 4 is 23.3 Å². The molecule has 0 radical (unpaired) electrons. The topological polar surface area (TPSA) is 71.5 Å². The van der Waals surface area contributed by atoms with Gasteiger partial charge in [-0.3, -0.25) is 9.78 Å². The molecule has 1 aromatic carbocycles. The number of amides is 1. The predicted molar refractivity (Wildman–Crippen MR) is 91.4 cm³/mol. The Labute approximate surface area is 140 Å². The van der Waals surface area contributed by atoms with Crippen molar-refractivity contribution in [2.75, 3.05) is 30.4 Å². The van der Waals surface area contributed by atoms with Gasteiger partial charge in [0.25, 0.3) is 5.91 Å². The summed E-state index contributed by atoms with van der Waals surface area (Å²) >= 11 is 0.